The molecule has 5 aromatic carbocycles. The van der Waals surface area contributed by atoms with E-state index in [2.05, 4.69) is 148 Å². The highest BCUT2D eigenvalue weighted by atomic mass is 15.1. The van der Waals surface area contributed by atoms with Gasteiger partial charge in [-0.15, -0.1) is 0 Å². The fourth-order valence-corrected chi connectivity index (χ4v) is 13.1. The lowest BCUT2D eigenvalue weighted by atomic mass is 9.27. The van der Waals surface area contributed by atoms with Crippen LogP contribution in [0.1, 0.15) is 88.5 Å². The molecule has 0 radical (unpaired) electrons. The van der Waals surface area contributed by atoms with Gasteiger partial charge < -0.3 is 4.90 Å². The topological polar surface area (TPSA) is 3.24 Å². The fourth-order valence-electron chi connectivity index (χ4n) is 13.1. The molecule has 0 N–H and O–H groups in total. The van der Waals surface area contributed by atoms with Crippen LogP contribution in [0.2, 0.25) is 0 Å². The van der Waals surface area contributed by atoms with Crippen LogP contribution in [0.5, 0.6) is 0 Å². The second-order valence-electron chi connectivity index (χ2n) is 18.1. The van der Waals surface area contributed by atoms with Crippen LogP contribution in [0.3, 0.4) is 0 Å². The van der Waals surface area contributed by atoms with Crippen LogP contribution in [-0.4, -0.2) is 0 Å². The van der Waals surface area contributed by atoms with Gasteiger partial charge in [0, 0.05) is 22.5 Å². The zero-order valence-corrected chi connectivity index (χ0v) is 29.5. The van der Waals surface area contributed by atoms with Gasteiger partial charge in [-0.2, -0.15) is 0 Å². The van der Waals surface area contributed by atoms with E-state index in [4.69, 9.17) is 0 Å². The van der Waals surface area contributed by atoms with Crippen molar-refractivity contribution < 1.29 is 0 Å². The van der Waals surface area contributed by atoms with E-state index in [0.717, 1.165) is 23.7 Å². The molecule has 49 heavy (non-hydrogen) atoms. The summed E-state index contributed by atoms with van der Waals surface area (Å²) in [5.74, 6) is 3.73. The maximum absolute atomic E-state index is 2.55. The molecular weight excluding hydrogens is 591 g/mol. The Labute approximate surface area is 292 Å². The molecule has 2 spiro atoms. The van der Waals surface area contributed by atoms with Gasteiger partial charge in [0.2, 0.25) is 0 Å². The quantitative estimate of drug-likeness (QED) is 0.189. The Balaban J connectivity index is 0.982. The van der Waals surface area contributed by atoms with Gasteiger partial charge in [0.15, 0.2) is 0 Å². The first-order valence-corrected chi connectivity index (χ1v) is 19.1. The number of anilines is 3. The van der Waals surface area contributed by atoms with E-state index in [0.29, 0.717) is 5.41 Å². The SMILES string of the molecule is CC1(C)CCC(C)(C)c2cc(N(c3ccccc3)c3ccc(-c4ccc5c(c4)-c4ccccc4C54C5CC6CC7CC4C75C6)cc3)ccc21. The van der Waals surface area contributed by atoms with Gasteiger partial charge in [-0.1, -0.05) is 100 Å². The molecule has 0 heterocycles. The van der Waals surface area contributed by atoms with Crippen molar-refractivity contribution in [3.8, 4) is 22.3 Å². The van der Waals surface area contributed by atoms with Crippen molar-refractivity contribution in [2.75, 3.05) is 4.90 Å². The van der Waals surface area contributed by atoms with Crippen molar-refractivity contribution in [3.05, 3.63) is 138 Å². The molecule has 11 rings (SSSR count). The molecule has 1 nitrogen and oxygen atoms in total. The normalized spacial score (nSPS) is 31.3. The second kappa shape index (κ2) is 9.36. The highest BCUT2D eigenvalue weighted by molar-refractivity contribution is 5.87. The van der Waals surface area contributed by atoms with E-state index in [-0.39, 0.29) is 16.2 Å². The lowest BCUT2D eigenvalue weighted by Gasteiger charge is -2.76. The summed E-state index contributed by atoms with van der Waals surface area (Å²) in [6.45, 7) is 9.67. The van der Waals surface area contributed by atoms with Gasteiger partial charge in [-0.05, 0) is 165 Å². The minimum absolute atomic E-state index is 0.162. The third-order valence-electron chi connectivity index (χ3n) is 15.2. The first-order chi connectivity index (χ1) is 23.7. The van der Waals surface area contributed by atoms with Crippen molar-refractivity contribution >= 4 is 17.1 Å². The van der Waals surface area contributed by atoms with E-state index in [9.17, 15) is 0 Å². The van der Waals surface area contributed by atoms with Crippen molar-refractivity contribution in [2.45, 2.75) is 82.5 Å². The summed E-state index contributed by atoms with van der Waals surface area (Å²) in [6, 6.07) is 44.5. The molecule has 4 saturated carbocycles. The third-order valence-corrected chi connectivity index (χ3v) is 15.2. The molecular formula is C48H47N. The first kappa shape index (κ1) is 28.7. The summed E-state index contributed by atoms with van der Waals surface area (Å²) in [5.41, 5.74) is 16.9. The van der Waals surface area contributed by atoms with Crippen molar-refractivity contribution in [2.24, 2.45) is 29.1 Å². The van der Waals surface area contributed by atoms with Crippen LogP contribution in [0.4, 0.5) is 17.1 Å². The number of benzene rings is 5. The monoisotopic (exact) mass is 637 g/mol. The second-order valence-corrected chi connectivity index (χ2v) is 18.1. The first-order valence-electron chi connectivity index (χ1n) is 19.1. The Bertz CT molecular complexity index is 2170. The van der Waals surface area contributed by atoms with Crippen LogP contribution in [-0.2, 0) is 16.2 Å². The molecule has 4 fully saturated rings. The van der Waals surface area contributed by atoms with Crippen molar-refractivity contribution in [3.63, 3.8) is 0 Å². The maximum atomic E-state index is 2.55. The molecule has 6 aliphatic rings. The zero-order chi connectivity index (χ0) is 32.9. The molecule has 0 amide bonds. The van der Waals surface area contributed by atoms with Crippen molar-refractivity contribution in [1.82, 2.24) is 0 Å². The van der Waals surface area contributed by atoms with Gasteiger partial charge in [0.25, 0.3) is 0 Å². The summed E-state index contributed by atoms with van der Waals surface area (Å²) in [6.07, 6.45) is 8.41. The number of hydrogen-bond acceptors (Lipinski definition) is 1. The van der Waals surface area contributed by atoms with Gasteiger partial charge >= 0.3 is 0 Å². The number of fused-ring (bicyclic) bond motifs is 9. The van der Waals surface area contributed by atoms with E-state index >= 15 is 0 Å². The van der Waals surface area contributed by atoms with E-state index < -0.39 is 0 Å². The van der Waals surface area contributed by atoms with E-state index in [1.165, 1.54) is 89.0 Å². The molecule has 6 unspecified atom stereocenters. The molecule has 6 aliphatic carbocycles. The molecule has 244 valence electrons. The van der Waals surface area contributed by atoms with Crippen LogP contribution in [0.25, 0.3) is 22.3 Å². The molecule has 0 aromatic heterocycles. The van der Waals surface area contributed by atoms with E-state index in [1.807, 2.05) is 0 Å². The zero-order valence-electron chi connectivity index (χ0n) is 29.5. The summed E-state index contributed by atoms with van der Waals surface area (Å²) in [7, 11) is 0. The van der Waals surface area contributed by atoms with Gasteiger partial charge in [0.1, 0.15) is 0 Å². The Morgan fingerprint density at radius 2 is 1.14 bits per heavy atom. The Morgan fingerprint density at radius 3 is 1.94 bits per heavy atom. The van der Waals surface area contributed by atoms with Crippen LogP contribution in [0.15, 0.2) is 115 Å². The molecule has 6 atom stereocenters. The van der Waals surface area contributed by atoms with Crippen molar-refractivity contribution in [1.29, 1.82) is 0 Å². The van der Waals surface area contributed by atoms with Crippen LogP contribution in [0, 0.1) is 29.1 Å². The Kier molecular flexibility index (Phi) is 5.49. The summed E-state index contributed by atoms with van der Waals surface area (Å²) >= 11 is 0. The highest BCUT2D eigenvalue weighted by Crippen LogP contribution is 2.89. The summed E-state index contributed by atoms with van der Waals surface area (Å²) < 4.78 is 0. The van der Waals surface area contributed by atoms with Gasteiger partial charge in [-0.3, -0.25) is 0 Å². The molecule has 5 aromatic rings. The third kappa shape index (κ3) is 3.48. The average Bonchev–Trinajstić information content (AvgIpc) is 3.75. The predicted octanol–water partition coefficient (Wildman–Crippen LogP) is 12.5. The molecule has 0 saturated heterocycles. The largest absolute Gasteiger partial charge is 0.310 e. The summed E-state index contributed by atoms with van der Waals surface area (Å²) in [5, 5.41) is 0. The standard InChI is InChI=1S/C48H47N/c1-45(2)22-23-46(3,4)42-28-36(19-21-41(42)45)49(34-10-6-5-7-11-34)35-17-14-31(15-18-35)32-16-20-40-38(26-32)37-12-8-9-13-39(37)48(40)43-25-30-24-33-27-44(48)47(33,43)29-30/h5-21,26,28,30,33,43-44H,22-25,27,29H2,1-4H3. The average molecular weight is 638 g/mol. The van der Waals surface area contributed by atoms with Gasteiger partial charge in [-0.25, -0.2) is 0 Å². The lowest BCUT2D eigenvalue weighted by Crippen LogP contribution is -2.73. The maximum Gasteiger partial charge on any atom is 0.0464 e. The smallest absolute Gasteiger partial charge is 0.0464 e. The lowest BCUT2D eigenvalue weighted by molar-refractivity contribution is -0.231. The van der Waals surface area contributed by atoms with E-state index in [1.54, 1.807) is 11.1 Å². The molecule has 1 heteroatoms. The number of hydrogen-bond donors (Lipinski definition) is 0. The number of rotatable bonds is 4. The molecule has 0 aliphatic heterocycles. The van der Waals surface area contributed by atoms with Gasteiger partial charge in [0.05, 0.1) is 0 Å². The minimum Gasteiger partial charge on any atom is -0.310 e. The van der Waals surface area contributed by atoms with Crippen LogP contribution < -0.4 is 4.90 Å². The number of nitrogens with zero attached hydrogens (tertiary/aromatic N) is 1. The summed E-state index contributed by atoms with van der Waals surface area (Å²) in [4.78, 5) is 2.44. The highest BCUT2D eigenvalue weighted by Gasteiger charge is 2.84. The Morgan fingerprint density at radius 1 is 0.510 bits per heavy atom. The minimum atomic E-state index is 0.162. The van der Waals surface area contributed by atoms with Crippen LogP contribution >= 0.6 is 0 Å². The molecule has 2 bridgehead atoms. The fraction of sp³-hybridized carbons (Fsp3) is 0.375. The Hall–Kier alpha value is -4.10. The predicted molar refractivity (Wildman–Crippen MR) is 203 cm³/mol. The number of para-hydroxylation sites is 1.